The molecule has 0 amide bonds. The molecule has 1 fully saturated rings. The predicted octanol–water partition coefficient (Wildman–Crippen LogP) is 4.95. The normalized spacial score (nSPS) is 23.9. The number of aryl methyl sites for hydroxylation is 1. The van der Waals surface area contributed by atoms with Crippen molar-refractivity contribution in [3.05, 3.63) is 40.4 Å². The minimum Gasteiger partial charge on any atom is -0.482 e. The van der Waals surface area contributed by atoms with Gasteiger partial charge in [-0.1, -0.05) is 37.1 Å². The molecule has 0 aromatic heterocycles. The fourth-order valence-electron chi connectivity index (χ4n) is 3.99. The van der Waals surface area contributed by atoms with Gasteiger partial charge >= 0.3 is 5.97 Å². The van der Waals surface area contributed by atoms with Crippen molar-refractivity contribution in [2.24, 2.45) is 17.3 Å². The molecule has 0 N–H and O–H groups in total. The van der Waals surface area contributed by atoms with E-state index in [1.54, 1.807) is 12.1 Å². The van der Waals surface area contributed by atoms with Crippen molar-refractivity contribution in [2.75, 3.05) is 13.2 Å². The van der Waals surface area contributed by atoms with Gasteiger partial charge in [0.15, 0.2) is 6.61 Å². The summed E-state index contributed by atoms with van der Waals surface area (Å²) in [7, 11) is 0. The molecule has 1 aromatic rings. The lowest BCUT2D eigenvalue weighted by Crippen LogP contribution is -2.48. The lowest BCUT2D eigenvalue weighted by Gasteiger charge is -2.56. The van der Waals surface area contributed by atoms with E-state index in [2.05, 4.69) is 19.9 Å². The van der Waals surface area contributed by atoms with E-state index in [9.17, 15) is 4.79 Å². The van der Waals surface area contributed by atoms with Crippen LogP contribution in [-0.2, 0) is 9.53 Å². The standard InChI is InChI=1S/C20H25ClO3/c1-13-10-16(21)6-7-18(13)24-12-19(22)23-9-8-14-4-5-15-11-17(14)20(15,2)3/h4,6-7,10,15,17H,5,8-9,11-12H2,1-3H3/t15-,17+/m1/s1. The van der Waals surface area contributed by atoms with Gasteiger partial charge in [0, 0.05) is 11.4 Å². The van der Waals surface area contributed by atoms with Crippen molar-refractivity contribution in [1.82, 2.24) is 0 Å². The second-order valence-corrected chi connectivity index (χ2v) is 7.93. The Hall–Kier alpha value is -1.48. The van der Waals surface area contributed by atoms with Crippen LogP contribution in [0.5, 0.6) is 5.75 Å². The Labute approximate surface area is 149 Å². The fraction of sp³-hybridized carbons (Fsp3) is 0.550. The molecule has 0 heterocycles. The number of carbonyl (C=O) groups is 1. The fourth-order valence-corrected chi connectivity index (χ4v) is 4.22. The van der Waals surface area contributed by atoms with Crippen molar-refractivity contribution in [2.45, 2.75) is 40.0 Å². The number of allylic oxidation sites excluding steroid dienone is 1. The summed E-state index contributed by atoms with van der Waals surface area (Å²) in [6.45, 7) is 6.97. The van der Waals surface area contributed by atoms with Crippen molar-refractivity contribution in [3.8, 4) is 5.75 Å². The minimum absolute atomic E-state index is 0.0709. The molecule has 2 atom stereocenters. The summed E-state index contributed by atoms with van der Waals surface area (Å²) in [6, 6.07) is 5.33. The Bertz CT molecular complexity index is 663. The van der Waals surface area contributed by atoms with Gasteiger partial charge in [-0.25, -0.2) is 4.79 Å². The van der Waals surface area contributed by atoms with Crippen LogP contribution in [-0.4, -0.2) is 19.2 Å². The summed E-state index contributed by atoms with van der Waals surface area (Å²) in [6.07, 6.45) is 5.66. The van der Waals surface area contributed by atoms with Gasteiger partial charge in [-0.15, -0.1) is 0 Å². The van der Waals surface area contributed by atoms with Crippen LogP contribution in [0.2, 0.25) is 5.02 Å². The van der Waals surface area contributed by atoms with Crippen LogP contribution >= 0.6 is 11.6 Å². The highest BCUT2D eigenvalue weighted by Gasteiger charge is 2.50. The van der Waals surface area contributed by atoms with Gasteiger partial charge in [-0.05, 0) is 60.8 Å². The van der Waals surface area contributed by atoms with E-state index in [4.69, 9.17) is 21.1 Å². The lowest BCUT2D eigenvalue weighted by atomic mass is 9.48. The maximum Gasteiger partial charge on any atom is 0.344 e. The summed E-state index contributed by atoms with van der Waals surface area (Å²) < 4.78 is 10.8. The van der Waals surface area contributed by atoms with E-state index in [0.29, 0.717) is 28.7 Å². The number of halogens is 1. The first-order chi connectivity index (χ1) is 11.4. The maximum atomic E-state index is 11.9. The topological polar surface area (TPSA) is 35.5 Å². The molecule has 4 rings (SSSR count). The van der Waals surface area contributed by atoms with Crippen LogP contribution in [0, 0.1) is 24.2 Å². The second-order valence-electron chi connectivity index (χ2n) is 7.49. The SMILES string of the molecule is Cc1cc(Cl)ccc1OCC(=O)OCCC1=CC[C@@H]2C[C@@H]1C2(C)C. The molecule has 3 aliphatic rings. The number of fused-ring (bicyclic) bond motifs is 1. The average molecular weight is 349 g/mol. The number of rotatable bonds is 6. The molecule has 0 saturated heterocycles. The van der Waals surface area contributed by atoms with Crippen LogP contribution in [0.25, 0.3) is 0 Å². The average Bonchev–Trinajstić information content (AvgIpc) is 2.54. The molecule has 0 spiro atoms. The number of hydrogen-bond acceptors (Lipinski definition) is 3. The molecule has 2 bridgehead atoms. The van der Waals surface area contributed by atoms with E-state index >= 15 is 0 Å². The molecule has 0 aliphatic heterocycles. The highest BCUT2D eigenvalue weighted by Crippen LogP contribution is 2.59. The van der Waals surface area contributed by atoms with Gasteiger partial charge in [0.05, 0.1) is 6.61 Å². The van der Waals surface area contributed by atoms with Gasteiger partial charge in [-0.3, -0.25) is 0 Å². The number of esters is 1. The quantitative estimate of drug-likeness (QED) is 0.538. The van der Waals surface area contributed by atoms with E-state index in [0.717, 1.165) is 17.9 Å². The zero-order valence-electron chi connectivity index (χ0n) is 14.6. The smallest absolute Gasteiger partial charge is 0.344 e. The molecule has 24 heavy (non-hydrogen) atoms. The third-order valence-corrected chi connectivity index (χ3v) is 5.95. The third-order valence-electron chi connectivity index (χ3n) is 5.72. The van der Waals surface area contributed by atoms with E-state index < -0.39 is 0 Å². The summed E-state index contributed by atoms with van der Waals surface area (Å²) in [4.78, 5) is 11.9. The summed E-state index contributed by atoms with van der Waals surface area (Å²) in [5.74, 6) is 1.84. The van der Waals surface area contributed by atoms with E-state index in [1.165, 1.54) is 18.4 Å². The maximum absolute atomic E-state index is 11.9. The van der Waals surface area contributed by atoms with E-state index in [-0.39, 0.29) is 12.6 Å². The first-order valence-electron chi connectivity index (χ1n) is 8.61. The number of benzene rings is 1. The zero-order chi connectivity index (χ0) is 17.3. The van der Waals surface area contributed by atoms with E-state index in [1.807, 2.05) is 13.0 Å². The molecule has 1 aromatic carbocycles. The van der Waals surface area contributed by atoms with Gasteiger partial charge in [-0.2, -0.15) is 0 Å². The highest BCUT2D eigenvalue weighted by molar-refractivity contribution is 6.30. The Kier molecular flexibility index (Phi) is 4.91. The van der Waals surface area contributed by atoms with Crippen molar-refractivity contribution in [3.63, 3.8) is 0 Å². The van der Waals surface area contributed by atoms with Crippen LogP contribution in [0.15, 0.2) is 29.8 Å². The number of carbonyl (C=O) groups excluding carboxylic acids is 1. The van der Waals surface area contributed by atoms with Gasteiger partial charge in [0.1, 0.15) is 5.75 Å². The first-order valence-corrected chi connectivity index (χ1v) is 8.99. The summed E-state index contributed by atoms with van der Waals surface area (Å²) in [5.41, 5.74) is 2.79. The van der Waals surface area contributed by atoms with Gasteiger partial charge in [0.25, 0.3) is 0 Å². The molecule has 3 nitrogen and oxygen atoms in total. The molecule has 130 valence electrons. The third kappa shape index (κ3) is 3.46. The minimum atomic E-state index is -0.327. The van der Waals surface area contributed by atoms with Crippen molar-refractivity contribution in [1.29, 1.82) is 0 Å². The van der Waals surface area contributed by atoms with Gasteiger partial charge < -0.3 is 9.47 Å². The predicted molar refractivity (Wildman–Crippen MR) is 95.3 cm³/mol. The first kappa shape index (κ1) is 17.3. The van der Waals surface area contributed by atoms with Crippen LogP contribution in [0.4, 0.5) is 0 Å². The molecule has 1 saturated carbocycles. The highest BCUT2D eigenvalue weighted by atomic mass is 35.5. The second kappa shape index (κ2) is 6.79. The Morgan fingerprint density at radius 2 is 2.17 bits per heavy atom. The molecule has 4 heteroatoms. The van der Waals surface area contributed by atoms with Crippen molar-refractivity contribution < 1.29 is 14.3 Å². The number of hydrogen-bond donors (Lipinski definition) is 0. The van der Waals surface area contributed by atoms with Gasteiger partial charge in [0.2, 0.25) is 0 Å². The summed E-state index contributed by atoms with van der Waals surface area (Å²) in [5, 5.41) is 0.657. The Morgan fingerprint density at radius 3 is 2.83 bits per heavy atom. The monoisotopic (exact) mass is 348 g/mol. The molecular weight excluding hydrogens is 324 g/mol. The van der Waals surface area contributed by atoms with Crippen LogP contribution in [0.3, 0.4) is 0 Å². The Balaban J connectivity index is 1.41. The Morgan fingerprint density at radius 1 is 1.38 bits per heavy atom. The number of ether oxygens (including phenoxy) is 2. The molecule has 0 radical (unpaired) electrons. The van der Waals surface area contributed by atoms with Crippen LogP contribution < -0.4 is 4.74 Å². The lowest BCUT2D eigenvalue weighted by molar-refractivity contribution is -0.146. The van der Waals surface area contributed by atoms with Crippen LogP contribution in [0.1, 0.15) is 38.7 Å². The zero-order valence-corrected chi connectivity index (χ0v) is 15.4. The molecule has 3 aliphatic carbocycles. The molecule has 0 unspecified atom stereocenters. The summed E-state index contributed by atoms with van der Waals surface area (Å²) >= 11 is 5.90. The molecular formula is C20H25ClO3. The largest absolute Gasteiger partial charge is 0.482 e. The van der Waals surface area contributed by atoms with Crippen molar-refractivity contribution >= 4 is 17.6 Å².